The van der Waals surface area contributed by atoms with E-state index < -0.39 is 0 Å². The molecule has 3 rings (SSSR count). The fourth-order valence-corrected chi connectivity index (χ4v) is 2.63. The highest BCUT2D eigenvalue weighted by Gasteiger charge is 2.12. The number of rotatable bonds is 4. The molecule has 112 valence electrons. The van der Waals surface area contributed by atoms with Crippen molar-refractivity contribution in [1.29, 1.82) is 0 Å². The van der Waals surface area contributed by atoms with Crippen LogP contribution in [0.25, 0.3) is 10.9 Å². The molecule has 1 unspecified atom stereocenters. The van der Waals surface area contributed by atoms with Crippen molar-refractivity contribution in [2.24, 2.45) is 0 Å². The fraction of sp³-hybridized carbons (Fsp3) is 0.176. The Morgan fingerprint density at radius 3 is 2.68 bits per heavy atom. The molecule has 0 saturated heterocycles. The number of aliphatic hydroxyl groups excluding tert-OH is 1. The number of fused-ring (bicyclic) bond motifs is 1. The van der Waals surface area contributed by atoms with Gasteiger partial charge in [0.15, 0.2) is 0 Å². The Labute approximate surface area is 127 Å². The van der Waals surface area contributed by atoms with Crippen LogP contribution in [0.1, 0.15) is 17.0 Å². The molecule has 0 saturated carbocycles. The molecule has 0 radical (unpaired) electrons. The van der Waals surface area contributed by atoms with E-state index in [1.165, 1.54) is 0 Å². The van der Waals surface area contributed by atoms with Crippen LogP contribution in [0.15, 0.2) is 53.3 Å². The standard InChI is InChI=1S/C17H17N3O2/c18-17-19-15-7-6-11(9-14(15)16(22)20-17)8-13(10-21)12-4-2-1-3-5-12/h1-7,9,13,21H,8,10H2,(H3,18,19,20,22). The van der Waals surface area contributed by atoms with E-state index in [4.69, 9.17) is 5.73 Å². The highest BCUT2D eigenvalue weighted by Crippen LogP contribution is 2.22. The van der Waals surface area contributed by atoms with Crippen molar-refractivity contribution in [3.05, 3.63) is 70.0 Å². The van der Waals surface area contributed by atoms with E-state index in [2.05, 4.69) is 9.97 Å². The van der Waals surface area contributed by atoms with Gasteiger partial charge in [-0.05, 0) is 29.7 Å². The summed E-state index contributed by atoms with van der Waals surface area (Å²) >= 11 is 0. The molecule has 0 fully saturated rings. The molecule has 0 aliphatic rings. The molecule has 2 aromatic carbocycles. The monoisotopic (exact) mass is 295 g/mol. The maximum Gasteiger partial charge on any atom is 0.260 e. The lowest BCUT2D eigenvalue weighted by atomic mass is 9.92. The zero-order chi connectivity index (χ0) is 15.5. The quantitative estimate of drug-likeness (QED) is 0.684. The molecule has 22 heavy (non-hydrogen) atoms. The van der Waals surface area contributed by atoms with Crippen LogP contribution >= 0.6 is 0 Å². The second-order valence-corrected chi connectivity index (χ2v) is 5.30. The van der Waals surface area contributed by atoms with E-state index in [1.807, 2.05) is 42.5 Å². The lowest BCUT2D eigenvalue weighted by molar-refractivity contribution is 0.264. The Morgan fingerprint density at radius 1 is 1.18 bits per heavy atom. The molecular formula is C17H17N3O2. The van der Waals surface area contributed by atoms with E-state index in [1.54, 1.807) is 6.07 Å². The van der Waals surface area contributed by atoms with Gasteiger partial charge in [0.1, 0.15) is 0 Å². The second kappa shape index (κ2) is 5.99. The number of nitrogen functional groups attached to an aromatic ring is 1. The summed E-state index contributed by atoms with van der Waals surface area (Å²) in [5.41, 5.74) is 7.93. The molecule has 1 heterocycles. The van der Waals surface area contributed by atoms with Gasteiger partial charge in [-0.1, -0.05) is 36.4 Å². The zero-order valence-corrected chi connectivity index (χ0v) is 12.0. The Hall–Kier alpha value is -2.66. The summed E-state index contributed by atoms with van der Waals surface area (Å²) in [6.07, 6.45) is 0.653. The molecule has 1 aromatic heterocycles. The van der Waals surface area contributed by atoms with Crippen LogP contribution in [0, 0.1) is 0 Å². The number of aromatic nitrogens is 2. The number of H-pyrrole nitrogens is 1. The summed E-state index contributed by atoms with van der Waals surface area (Å²) in [5, 5.41) is 10.2. The van der Waals surface area contributed by atoms with Gasteiger partial charge in [0.05, 0.1) is 17.5 Å². The van der Waals surface area contributed by atoms with Crippen molar-refractivity contribution in [3.63, 3.8) is 0 Å². The lowest BCUT2D eigenvalue weighted by Gasteiger charge is -2.15. The fourth-order valence-electron chi connectivity index (χ4n) is 2.63. The van der Waals surface area contributed by atoms with Gasteiger partial charge in [-0.25, -0.2) is 4.98 Å². The van der Waals surface area contributed by atoms with Crippen molar-refractivity contribution in [3.8, 4) is 0 Å². The first kappa shape index (κ1) is 14.3. The van der Waals surface area contributed by atoms with Gasteiger partial charge in [0.2, 0.25) is 5.95 Å². The summed E-state index contributed by atoms with van der Waals surface area (Å²) < 4.78 is 0. The number of nitrogens with one attached hydrogen (secondary N) is 1. The van der Waals surface area contributed by atoms with Crippen LogP contribution in [0.5, 0.6) is 0 Å². The predicted octanol–water partition coefficient (Wildman–Crippen LogP) is 1.82. The van der Waals surface area contributed by atoms with Crippen LogP contribution in [-0.2, 0) is 6.42 Å². The number of nitrogens with two attached hydrogens (primary N) is 1. The number of benzene rings is 2. The maximum absolute atomic E-state index is 12.0. The molecule has 5 nitrogen and oxygen atoms in total. The van der Waals surface area contributed by atoms with Crippen molar-refractivity contribution in [1.82, 2.24) is 9.97 Å². The van der Waals surface area contributed by atoms with E-state index in [0.29, 0.717) is 17.3 Å². The third-order valence-electron chi connectivity index (χ3n) is 3.76. The summed E-state index contributed by atoms with van der Waals surface area (Å²) in [6.45, 7) is 0.0540. The van der Waals surface area contributed by atoms with Crippen molar-refractivity contribution in [2.75, 3.05) is 12.3 Å². The van der Waals surface area contributed by atoms with Gasteiger partial charge >= 0.3 is 0 Å². The minimum atomic E-state index is -0.246. The minimum Gasteiger partial charge on any atom is -0.396 e. The van der Waals surface area contributed by atoms with E-state index in [-0.39, 0.29) is 24.0 Å². The average Bonchev–Trinajstić information content (AvgIpc) is 2.53. The number of nitrogens with zero attached hydrogens (tertiary/aromatic N) is 1. The Bertz CT molecular complexity index is 843. The Morgan fingerprint density at radius 2 is 1.95 bits per heavy atom. The first-order chi connectivity index (χ1) is 10.7. The number of hydrogen-bond acceptors (Lipinski definition) is 4. The smallest absolute Gasteiger partial charge is 0.260 e. The van der Waals surface area contributed by atoms with Crippen LogP contribution in [0.2, 0.25) is 0 Å². The molecule has 1 atom stereocenters. The molecule has 4 N–H and O–H groups in total. The van der Waals surface area contributed by atoms with Crippen molar-refractivity contribution in [2.45, 2.75) is 12.3 Å². The van der Waals surface area contributed by atoms with Gasteiger partial charge in [-0.3, -0.25) is 9.78 Å². The maximum atomic E-state index is 12.0. The predicted molar refractivity (Wildman–Crippen MR) is 86.7 cm³/mol. The molecule has 0 amide bonds. The van der Waals surface area contributed by atoms with E-state index >= 15 is 0 Å². The van der Waals surface area contributed by atoms with Gasteiger partial charge in [-0.2, -0.15) is 0 Å². The third kappa shape index (κ3) is 2.84. The summed E-state index contributed by atoms with van der Waals surface area (Å²) in [5.74, 6) is 0.113. The van der Waals surface area contributed by atoms with E-state index in [9.17, 15) is 9.90 Å². The number of aromatic amines is 1. The number of hydrogen-bond donors (Lipinski definition) is 3. The largest absolute Gasteiger partial charge is 0.396 e. The first-order valence-corrected chi connectivity index (χ1v) is 7.11. The van der Waals surface area contributed by atoms with Crippen molar-refractivity contribution >= 4 is 16.9 Å². The van der Waals surface area contributed by atoms with Gasteiger partial charge < -0.3 is 10.8 Å². The Balaban J connectivity index is 1.95. The van der Waals surface area contributed by atoms with Crippen LogP contribution in [0.4, 0.5) is 5.95 Å². The van der Waals surface area contributed by atoms with Crippen molar-refractivity contribution < 1.29 is 5.11 Å². The summed E-state index contributed by atoms with van der Waals surface area (Å²) in [4.78, 5) is 18.6. The van der Waals surface area contributed by atoms with Gasteiger partial charge in [0, 0.05) is 5.92 Å². The highest BCUT2D eigenvalue weighted by atomic mass is 16.3. The van der Waals surface area contributed by atoms with Gasteiger partial charge in [-0.15, -0.1) is 0 Å². The summed E-state index contributed by atoms with van der Waals surface area (Å²) in [6, 6.07) is 15.4. The van der Waals surface area contributed by atoms with Crippen LogP contribution in [0.3, 0.4) is 0 Å². The van der Waals surface area contributed by atoms with E-state index in [0.717, 1.165) is 11.1 Å². The molecular weight excluding hydrogens is 278 g/mol. The lowest BCUT2D eigenvalue weighted by Crippen LogP contribution is -2.12. The average molecular weight is 295 g/mol. The number of anilines is 1. The SMILES string of the molecule is Nc1nc2ccc(CC(CO)c3ccccc3)cc2c(=O)[nH]1. The molecule has 0 aliphatic carbocycles. The molecule has 0 spiro atoms. The molecule has 5 heteroatoms. The normalized spacial score (nSPS) is 12.4. The highest BCUT2D eigenvalue weighted by molar-refractivity contribution is 5.79. The van der Waals surface area contributed by atoms with Crippen LogP contribution < -0.4 is 11.3 Å². The van der Waals surface area contributed by atoms with Gasteiger partial charge in [0.25, 0.3) is 5.56 Å². The zero-order valence-electron chi connectivity index (χ0n) is 12.0. The first-order valence-electron chi connectivity index (χ1n) is 7.11. The topological polar surface area (TPSA) is 92.0 Å². The number of aliphatic hydroxyl groups is 1. The molecule has 3 aromatic rings. The molecule has 0 aliphatic heterocycles. The summed E-state index contributed by atoms with van der Waals surface area (Å²) in [7, 11) is 0. The molecule has 0 bridgehead atoms. The van der Waals surface area contributed by atoms with Crippen LogP contribution in [-0.4, -0.2) is 21.7 Å². The second-order valence-electron chi connectivity index (χ2n) is 5.30. The Kier molecular flexibility index (Phi) is 3.89. The third-order valence-corrected chi connectivity index (χ3v) is 3.76. The minimum absolute atomic E-state index is 0.000488.